The third-order valence-electron chi connectivity index (χ3n) is 4.68. The van der Waals surface area contributed by atoms with Gasteiger partial charge in [0.25, 0.3) is 0 Å². The molecule has 0 fully saturated rings. The largest absolute Gasteiger partial charge is 0.306 e. The van der Waals surface area contributed by atoms with Crippen molar-refractivity contribution in [3.8, 4) is 11.3 Å². The van der Waals surface area contributed by atoms with Crippen molar-refractivity contribution in [1.29, 1.82) is 0 Å². The van der Waals surface area contributed by atoms with Gasteiger partial charge in [0.15, 0.2) is 5.82 Å². The van der Waals surface area contributed by atoms with E-state index < -0.39 is 0 Å². The van der Waals surface area contributed by atoms with E-state index in [1.165, 1.54) is 17.2 Å². The van der Waals surface area contributed by atoms with Crippen LogP contribution in [0.25, 0.3) is 17.3 Å². The van der Waals surface area contributed by atoms with Crippen molar-refractivity contribution in [1.82, 2.24) is 19.6 Å². The number of carbonyl (C=O) groups is 1. The predicted octanol–water partition coefficient (Wildman–Crippen LogP) is 4.29. The van der Waals surface area contributed by atoms with Gasteiger partial charge in [0, 0.05) is 42.7 Å². The minimum absolute atomic E-state index is 0.237. The number of nitrogens with one attached hydrogen (secondary N) is 1. The number of aryl methyl sites for hydroxylation is 2. The maximum Gasteiger partial charge on any atom is 0.249 e. The van der Waals surface area contributed by atoms with Crippen LogP contribution in [0, 0.1) is 6.92 Å². The first-order valence-electron chi connectivity index (χ1n) is 9.74. The standard InChI is InChI=1S/C24H23N5O/c1-18-8-10-19(11-9-18)16-29-17-21(24(27-29)20-6-4-3-5-7-20)12-13-23(30)25-22-14-15-28(2)26-22/h3-15,17H,16H2,1-2H3,(H,25,26,30). The van der Waals surface area contributed by atoms with Crippen molar-refractivity contribution >= 4 is 17.8 Å². The van der Waals surface area contributed by atoms with Crippen molar-refractivity contribution in [3.63, 3.8) is 0 Å². The zero-order valence-electron chi connectivity index (χ0n) is 17.0. The van der Waals surface area contributed by atoms with Crippen LogP contribution in [0.1, 0.15) is 16.7 Å². The molecule has 0 spiro atoms. The Morgan fingerprint density at radius 2 is 1.80 bits per heavy atom. The van der Waals surface area contributed by atoms with Gasteiger partial charge in [-0.05, 0) is 18.6 Å². The van der Waals surface area contributed by atoms with E-state index in [0.717, 1.165) is 16.8 Å². The summed E-state index contributed by atoms with van der Waals surface area (Å²) in [5.41, 5.74) is 5.12. The molecule has 6 nitrogen and oxygen atoms in total. The molecule has 4 rings (SSSR count). The molecule has 0 aliphatic heterocycles. The maximum atomic E-state index is 12.3. The molecule has 0 bridgehead atoms. The van der Waals surface area contributed by atoms with Crippen molar-refractivity contribution in [2.75, 3.05) is 5.32 Å². The fraction of sp³-hybridized carbons (Fsp3) is 0.125. The molecule has 2 aromatic carbocycles. The summed E-state index contributed by atoms with van der Waals surface area (Å²) in [5.74, 6) is 0.282. The van der Waals surface area contributed by atoms with Crippen LogP contribution in [0.5, 0.6) is 0 Å². The van der Waals surface area contributed by atoms with E-state index in [-0.39, 0.29) is 5.91 Å². The van der Waals surface area contributed by atoms with Gasteiger partial charge in [-0.2, -0.15) is 10.2 Å². The first-order chi connectivity index (χ1) is 14.6. The Hall–Kier alpha value is -3.93. The quantitative estimate of drug-likeness (QED) is 0.494. The number of hydrogen-bond acceptors (Lipinski definition) is 3. The number of rotatable bonds is 6. The molecule has 0 saturated carbocycles. The summed E-state index contributed by atoms with van der Waals surface area (Å²) in [6, 6.07) is 20.1. The molecule has 1 N–H and O–H groups in total. The number of benzene rings is 2. The summed E-state index contributed by atoms with van der Waals surface area (Å²) in [6.45, 7) is 2.73. The summed E-state index contributed by atoms with van der Waals surface area (Å²) < 4.78 is 3.55. The zero-order chi connectivity index (χ0) is 20.9. The molecule has 150 valence electrons. The molecule has 4 aromatic rings. The van der Waals surface area contributed by atoms with Gasteiger partial charge in [0.05, 0.1) is 12.2 Å². The highest BCUT2D eigenvalue weighted by atomic mass is 16.1. The highest BCUT2D eigenvalue weighted by Gasteiger charge is 2.10. The third-order valence-corrected chi connectivity index (χ3v) is 4.68. The summed E-state index contributed by atoms with van der Waals surface area (Å²) in [6.07, 6.45) is 7.04. The van der Waals surface area contributed by atoms with Gasteiger partial charge in [0.1, 0.15) is 0 Å². The summed E-state index contributed by atoms with van der Waals surface area (Å²) in [4.78, 5) is 12.3. The highest BCUT2D eigenvalue weighted by Crippen LogP contribution is 2.23. The smallest absolute Gasteiger partial charge is 0.249 e. The molecule has 0 saturated heterocycles. The first-order valence-corrected chi connectivity index (χ1v) is 9.74. The van der Waals surface area contributed by atoms with E-state index in [1.807, 2.05) is 41.2 Å². The Bertz CT molecular complexity index is 1170. The monoisotopic (exact) mass is 397 g/mol. The minimum atomic E-state index is -0.237. The van der Waals surface area contributed by atoms with Gasteiger partial charge in [0.2, 0.25) is 5.91 Å². The van der Waals surface area contributed by atoms with Crippen LogP contribution in [0.4, 0.5) is 5.82 Å². The van der Waals surface area contributed by atoms with Crippen LogP contribution in [0.2, 0.25) is 0 Å². The van der Waals surface area contributed by atoms with Gasteiger partial charge in [-0.15, -0.1) is 0 Å². The Balaban J connectivity index is 1.59. The highest BCUT2D eigenvalue weighted by molar-refractivity contribution is 6.01. The topological polar surface area (TPSA) is 64.7 Å². The summed E-state index contributed by atoms with van der Waals surface area (Å²) >= 11 is 0. The SMILES string of the molecule is Cc1ccc(Cn2cc(C=CC(=O)Nc3ccn(C)n3)c(-c3ccccc3)n2)cc1. The normalized spacial score (nSPS) is 11.1. The average Bonchev–Trinajstić information content (AvgIpc) is 3.34. The first kappa shape index (κ1) is 19.4. The molecular formula is C24H23N5O. The van der Waals surface area contributed by atoms with Gasteiger partial charge in [-0.1, -0.05) is 60.2 Å². The van der Waals surface area contributed by atoms with E-state index in [2.05, 4.69) is 41.6 Å². The van der Waals surface area contributed by atoms with Gasteiger partial charge in [-0.25, -0.2) is 0 Å². The number of anilines is 1. The molecule has 2 aromatic heterocycles. The Morgan fingerprint density at radius 3 is 2.50 bits per heavy atom. The fourth-order valence-electron chi connectivity index (χ4n) is 3.16. The third kappa shape index (κ3) is 4.72. The van der Waals surface area contributed by atoms with Crippen molar-refractivity contribution in [2.24, 2.45) is 7.05 Å². The van der Waals surface area contributed by atoms with Crippen LogP contribution in [0.3, 0.4) is 0 Å². The molecule has 0 aliphatic rings. The lowest BCUT2D eigenvalue weighted by atomic mass is 10.1. The maximum absolute atomic E-state index is 12.3. The van der Waals surface area contributed by atoms with Crippen LogP contribution < -0.4 is 5.32 Å². The van der Waals surface area contributed by atoms with Crippen molar-refractivity contribution in [3.05, 3.63) is 95.8 Å². The number of hydrogen-bond donors (Lipinski definition) is 1. The van der Waals surface area contributed by atoms with Gasteiger partial charge >= 0.3 is 0 Å². The lowest BCUT2D eigenvalue weighted by Crippen LogP contribution is -2.08. The summed E-state index contributed by atoms with van der Waals surface area (Å²) in [5, 5.41) is 11.7. The number of aromatic nitrogens is 4. The lowest BCUT2D eigenvalue weighted by molar-refractivity contribution is -0.111. The van der Waals surface area contributed by atoms with E-state index in [4.69, 9.17) is 5.10 Å². The number of amides is 1. The molecule has 6 heteroatoms. The fourth-order valence-corrected chi connectivity index (χ4v) is 3.16. The Morgan fingerprint density at radius 1 is 1.03 bits per heavy atom. The molecule has 0 aliphatic carbocycles. The molecule has 2 heterocycles. The Kier molecular flexibility index (Phi) is 5.57. The molecule has 30 heavy (non-hydrogen) atoms. The molecule has 0 radical (unpaired) electrons. The van der Waals surface area contributed by atoms with Crippen LogP contribution in [-0.4, -0.2) is 25.5 Å². The molecule has 0 atom stereocenters. The van der Waals surface area contributed by atoms with Crippen molar-refractivity contribution < 1.29 is 4.79 Å². The summed E-state index contributed by atoms with van der Waals surface area (Å²) in [7, 11) is 1.81. The van der Waals surface area contributed by atoms with E-state index >= 15 is 0 Å². The number of nitrogens with zero attached hydrogens (tertiary/aromatic N) is 4. The van der Waals surface area contributed by atoms with E-state index in [1.54, 1.807) is 30.1 Å². The second-order valence-corrected chi connectivity index (χ2v) is 7.18. The Labute approximate surface area is 175 Å². The van der Waals surface area contributed by atoms with E-state index in [0.29, 0.717) is 12.4 Å². The molecule has 0 unspecified atom stereocenters. The number of carbonyl (C=O) groups excluding carboxylic acids is 1. The molecular weight excluding hydrogens is 374 g/mol. The van der Waals surface area contributed by atoms with E-state index in [9.17, 15) is 4.79 Å². The predicted molar refractivity (Wildman–Crippen MR) is 119 cm³/mol. The lowest BCUT2D eigenvalue weighted by Gasteiger charge is -2.02. The van der Waals surface area contributed by atoms with Gasteiger partial charge in [-0.3, -0.25) is 14.2 Å². The van der Waals surface area contributed by atoms with Crippen LogP contribution in [-0.2, 0) is 18.4 Å². The van der Waals surface area contributed by atoms with Crippen molar-refractivity contribution in [2.45, 2.75) is 13.5 Å². The zero-order valence-corrected chi connectivity index (χ0v) is 17.0. The molecule has 1 amide bonds. The van der Waals surface area contributed by atoms with Crippen LogP contribution in [0.15, 0.2) is 79.1 Å². The second kappa shape index (κ2) is 8.61. The van der Waals surface area contributed by atoms with Gasteiger partial charge < -0.3 is 5.32 Å². The van der Waals surface area contributed by atoms with Crippen LogP contribution >= 0.6 is 0 Å². The second-order valence-electron chi connectivity index (χ2n) is 7.18. The average molecular weight is 397 g/mol. The minimum Gasteiger partial charge on any atom is -0.306 e.